The molecule has 1 aromatic carbocycles. The smallest absolute Gasteiger partial charge is 0.322 e. The third kappa shape index (κ3) is 3.72. The molecule has 1 fully saturated rings. The van der Waals surface area contributed by atoms with Gasteiger partial charge in [0.1, 0.15) is 0 Å². The number of aryl methyl sites for hydroxylation is 1. The van der Waals surface area contributed by atoms with Crippen LogP contribution < -0.4 is 5.32 Å². The fraction of sp³-hybridized carbons (Fsp3) is 0.438. The van der Waals surface area contributed by atoms with E-state index in [1.54, 1.807) is 6.92 Å². The third-order valence-electron chi connectivity index (χ3n) is 4.21. The van der Waals surface area contributed by atoms with Crippen molar-refractivity contribution in [3.8, 4) is 0 Å². The number of nitrogens with one attached hydrogen (secondary N) is 1. The summed E-state index contributed by atoms with van der Waals surface area (Å²) >= 11 is 0. The minimum absolute atomic E-state index is 0.00124. The maximum Gasteiger partial charge on any atom is 0.322 e. The molecule has 1 aliphatic heterocycles. The number of anilines is 1. The Hall–Kier alpha value is -2.26. The van der Waals surface area contributed by atoms with Gasteiger partial charge >= 0.3 is 6.01 Å². The molecule has 2 aromatic rings. The summed E-state index contributed by atoms with van der Waals surface area (Å²) in [4.78, 5) is 12.3. The number of carbonyl (C=O) groups excluding carboxylic acids is 1. The summed E-state index contributed by atoms with van der Waals surface area (Å²) in [6.45, 7) is 4.07. The molecule has 0 radical (unpaired) electrons. The molecule has 3 rings (SSSR count). The monoisotopic (exact) mass is 364 g/mol. The van der Waals surface area contributed by atoms with Crippen LogP contribution in [0, 0.1) is 6.92 Å². The molecule has 0 spiro atoms. The highest BCUT2D eigenvalue weighted by molar-refractivity contribution is 7.89. The first-order chi connectivity index (χ1) is 11.9. The molecular weight excluding hydrogens is 344 g/mol. The zero-order valence-corrected chi connectivity index (χ0v) is 14.9. The lowest BCUT2D eigenvalue weighted by atomic mass is 10.1. The van der Waals surface area contributed by atoms with Crippen LogP contribution in [0.4, 0.5) is 6.01 Å². The number of piperidine rings is 1. The van der Waals surface area contributed by atoms with Crippen molar-refractivity contribution in [1.29, 1.82) is 0 Å². The van der Waals surface area contributed by atoms with Crippen LogP contribution in [0.2, 0.25) is 0 Å². The summed E-state index contributed by atoms with van der Waals surface area (Å²) < 4.78 is 32.2. The molecule has 1 N–H and O–H groups in total. The van der Waals surface area contributed by atoms with Gasteiger partial charge in [0.2, 0.25) is 15.9 Å². The van der Waals surface area contributed by atoms with E-state index in [9.17, 15) is 13.2 Å². The average molecular weight is 364 g/mol. The van der Waals surface area contributed by atoms with Crippen LogP contribution in [0.25, 0.3) is 0 Å². The van der Waals surface area contributed by atoms with Gasteiger partial charge in [-0.1, -0.05) is 11.5 Å². The van der Waals surface area contributed by atoms with Crippen molar-refractivity contribution < 1.29 is 17.6 Å². The van der Waals surface area contributed by atoms with Crippen LogP contribution >= 0.6 is 0 Å². The average Bonchev–Trinajstić information content (AvgIpc) is 3.00. The molecule has 0 saturated carbocycles. The lowest BCUT2D eigenvalue weighted by Gasteiger charge is -2.32. The molecule has 8 nitrogen and oxygen atoms in total. The summed E-state index contributed by atoms with van der Waals surface area (Å²) in [5.41, 5.74) is 0.307. The largest absolute Gasteiger partial charge is 0.408 e. The maximum absolute atomic E-state index is 12.8. The van der Waals surface area contributed by atoms with Crippen molar-refractivity contribution >= 4 is 21.9 Å². The number of nitrogens with zero attached hydrogens (tertiary/aromatic N) is 3. The Morgan fingerprint density at radius 2 is 1.96 bits per heavy atom. The normalized spacial score (nSPS) is 18.9. The topological polar surface area (TPSA) is 105 Å². The van der Waals surface area contributed by atoms with Crippen LogP contribution in [0.1, 0.15) is 42.4 Å². The number of sulfonamides is 1. The number of benzene rings is 1. The second kappa shape index (κ2) is 6.93. The second-order valence-corrected chi connectivity index (χ2v) is 7.96. The lowest BCUT2D eigenvalue weighted by Crippen LogP contribution is -2.41. The van der Waals surface area contributed by atoms with Crippen molar-refractivity contribution in [2.45, 2.75) is 44.0 Å². The predicted octanol–water partition coefficient (Wildman–Crippen LogP) is 2.19. The van der Waals surface area contributed by atoms with Gasteiger partial charge in [-0.3, -0.25) is 10.1 Å². The van der Waals surface area contributed by atoms with E-state index < -0.39 is 15.9 Å². The molecule has 1 aromatic heterocycles. The van der Waals surface area contributed by atoms with E-state index in [1.165, 1.54) is 28.6 Å². The Kier molecular flexibility index (Phi) is 4.87. The van der Waals surface area contributed by atoms with E-state index >= 15 is 0 Å². The maximum atomic E-state index is 12.8. The van der Waals surface area contributed by atoms with Crippen LogP contribution in [-0.4, -0.2) is 41.4 Å². The predicted molar refractivity (Wildman–Crippen MR) is 90.6 cm³/mol. The van der Waals surface area contributed by atoms with Crippen LogP contribution in [0.3, 0.4) is 0 Å². The molecule has 2 heterocycles. The first-order valence-corrected chi connectivity index (χ1v) is 9.55. The zero-order valence-electron chi connectivity index (χ0n) is 14.1. The molecule has 1 saturated heterocycles. The summed E-state index contributed by atoms with van der Waals surface area (Å²) in [5, 5.41) is 9.78. The molecule has 0 unspecified atom stereocenters. The van der Waals surface area contributed by atoms with Gasteiger partial charge in [0.05, 0.1) is 4.90 Å². The minimum atomic E-state index is -3.55. The van der Waals surface area contributed by atoms with Gasteiger partial charge in [0.25, 0.3) is 5.91 Å². The second-order valence-electron chi connectivity index (χ2n) is 6.07. The molecule has 25 heavy (non-hydrogen) atoms. The standard InChI is InChI=1S/C16H20N4O4S/c1-11-5-3-4-10-20(11)25(22,23)14-8-6-13(7-9-14)15(21)17-16-19-18-12(2)24-16/h6-9,11H,3-5,10H2,1-2H3,(H,17,19,21)/t11-/m1/s1. The molecule has 1 amide bonds. The van der Waals surface area contributed by atoms with Gasteiger partial charge in [-0.05, 0) is 44.0 Å². The highest BCUT2D eigenvalue weighted by atomic mass is 32.2. The van der Waals surface area contributed by atoms with Crippen LogP contribution in [0.5, 0.6) is 0 Å². The fourth-order valence-corrected chi connectivity index (χ4v) is 4.56. The van der Waals surface area contributed by atoms with Crippen LogP contribution in [0.15, 0.2) is 33.6 Å². The quantitative estimate of drug-likeness (QED) is 0.891. The number of aromatic nitrogens is 2. The van der Waals surface area contributed by atoms with Gasteiger partial charge in [-0.25, -0.2) is 8.42 Å². The van der Waals surface area contributed by atoms with Gasteiger partial charge in [-0.2, -0.15) is 4.31 Å². The van der Waals surface area contributed by atoms with Gasteiger partial charge in [0, 0.05) is 25.1 Å². The van der Waals surface area contributed by atoms with Gasteiger partial charge in [-0.15, -0.1) is 5.10 Å². The molecule has 0 bridgehead atoms. The van der Waals surface area contributed by atoms with Gasteiger partial charge in [0.15, 0.2) is 0 Å². The van der Waals surface area contributed by atoms with E-state index in [-0.39, 0.29) is 17.0 Å². The zero-order chi connectivity index (χ0) is 18.0. The van der Waals surface area contributed by atoms with E-state index in [2.05, 4.69) is 15.5 Å². The number of carbonyl (C=O) groups is 1. The Morgan fingerprint density at radius 3 is 2.56 bits per heavy atom. The van der Waals surface area contributed by atoms with Crippen molar-refractivity contribution in [3.63, 3.8) is 0 Å². The Bertz CT molecular complexity index is 861. The molecule has 1 atom stereocenters. The van der Waals surface area contributed by atoms with E-state index in [4.69, 9.17) is 4.42 Å². The Morgan fingerprint density at radius 1 is 1.24 bits per heavy atom. The lowest BCUT2D eigenvalue weighted by molar-refractivity contribution is 0.102. The third-order valence-corrected chi connectivity index (χ3v) is 6.24. The highest BCUT2D eigenvalue weighted by Gasteiger charge is 2.30. The highest BCUT2D eigenvalue weighted by Crippen LogP contribution is 2.25. The first-order valence-electron chi connectivity index (χ1n) is 8.11. The summed E-state index contributed by atoms with van der Waals surface area (Å²) in [6, 6.07) is 5.83. The van der Waals surface area contributed by atoms with Gasteiger partial charge < -0.3 is 4.42 Å². The summed E-state index contributed by atoms with van der Waals surface area (Å²) in [6.07, 6.45) is 2.78. The molecule has 1 aliphatic rings. The van der Waals surface area contributed by atoms with Crippen molar-refractivity contribution in [2.75, 3.05) is 11.9 Å². The van der Waals surface area contributed by atoms with Crippen LogP contribution in [-0.2, 0) is 10.0 Å². The Balaban J connectivity index is 1.76. The van der Waals surface area contributed by atoms with E-state index in [0.29, 0.717) is 18.0 Å². The number of hydrogen-bond acceptors (Lipinski definition) is 6. The molecular formula is C16H20N4O4S. The molecule has 0 aliphatic carbocycles. The molecule has 9 heteroatoms. The minimum Gasteiger partial charge on any atom is -0.408 e. The number of hydrogen-bond donors (Lipinski definition) is 1. The number of amides is 1. The van der Waals surface area contributed by atoms with Crippen molar-refractivity contribution in [2.24, 2.45) is 0 Å². The van der Waals surface area contributed by atoms with E-state index in [1.807, 2.05) is 6.92 Å². The fourth-order valence-electron chi connectivity index (χ4n) is 2.86. The summed E-state index contributed by atoms with van der Waals surface area (Å²) in [5.74, 6) is -0.105. The summed E-state index contributed by atoms with van der Waals surface area (Å²) in [7, 11) is -3.55. The Labute approximate surface area is 146 Å². The number of rotatable bonds is 4. The first kappa shape index (κ1) is 17.6. The molecule has 134 valence electrons. The SMILES string of the molecule is Cc1nnc(NC(=O)c2ccc(S(=O)(=O)N3CCCC[C@H]3C)cc2)o1. The van der Waals surface area contributed by atoms with Crippen molar-refractivity contribution in [3.05, 3.63) is 35.7 Å². The van der Waals surface area contributed by atoms with E-state index in [0.717, 1.165) is 19.3 Å². The van der Waals surface area contributed by atoms with Crippen molar-refractivity contribution in [1.82, 2.24) is 14.5 Å².